The number of piperidine rings is 1. The van der Waals surface area contributed by atoms with Crippen LogP contribution in [0.25, 0.3) is 0 Å². The van der Waals surface area contributed by atoms with Gasteiger partial charge in [0.15, 0.2) is 0 Å². The first-order valence-corrected chi connectivity index (χ1v) is 4.22. The highest BCUT2D eigenvalue weighted by Crippen LogP contribution is 2.39. The van der Waals surface area contributed by atoms with Crippen LogP contribution < -0.4 is 0 Å². The predicted octanol–water partition coefficient (Wildman–Crippen LogP) is 1.02. The molecule has 3 heteroatoms. The summed E-state index contributed by atoms with van der Waals surface area (Å²) in [6, 6.07) is 0.0428. The average Bonchev–Trinajstić information content (AvgIpc) is 2.44. The number of nitrogens with zero attached hydrogens (tertiary/aromatic N) is 1. The van der Waals surface area contributed by atoms with Gasteiger partial charge in [0.05, 0.1) is 6.04 Å². The number of hydrogen-bond acceptors (Lipinski definition) is 2. The van der Waals surface area contributed by atoms with Crippen LogP contribution >= 0.6 is 0 Å². The van der Waals surface area contributed by atoms with Gasteiger partial charge in [-0.1, -0.05) is 0 Å². The summed E-state index contributed by atoms with van der Waals surface area (Å²) in [6.45, 7) is 1.92. The Morgan fingerprint density at radius 3 is 3.00 bits per heavy atom. The van der Waals surface area contributed by atoms with E-state index in [-0.39, 0.29) is 17.9 Å². The maximum atomic E-state index is 11.3. The normalized spacial score (nSPS) is 43.3. The highest BCUT2D eigenvalue weighted by atomic mass is 16.5. The van der Waals surface area contributed by atoms with Crippen LogP contribution in [0.5, 0.6) is 0 Å². The van der Waals surface area contributed by atoms with E-state index in [0.717, 1.165) is 24.3 Å². The zero-order valence-electron chi connectivity index (χ0n) is 6.66. The molecule has 1 aliphatic heterocycles. The lowest BCUT2D eigenvalue weighted by Gasteiger charge is -2.32. The Morgan fingerprint density at radius 2 is 2.27 bits per heavy atom. The van der Waals surface area contributed by atoms with E-state index in [1.54, 1.807) is 0 Å². The average molecular weight is 155 g/mol. The van der Waals surface area contributed by atoms with E-state index >= 15 is 0 Å². The number of hydroxylamine groups is 2. The standard InChI is InChI=1S/C8H13NO2/c1-5-6-2-3-7(4-6)8(10)9(5)11/h5-7,11H,2-4H2,1H3. The molecule has 62 valence electrons. The Balaban J connectivity index is 2.23. The number of hydrogen-bond donors (Lipinski definition) is 1. The lowest BCUT2D eigenvalue weighted by atomic mass is 9.93. The summed E-state index contributed by atoms with van der Waals surface area (Å²) in [5, 5.41) is 10.2. The first-order valence-electron chi connectivity index (χ1n) is 4.22. The SMILES string of the molecule is CC1C2CCC(C2)C(=O)N1O. The molecule has 11 heavy (non-hydrogen) atoms. The lowest BCUT2D eigenvalue weighted by Crippen LogP contribution is -2.45. The number of carbonyl (C=O) groups excluding carboxylic acids is 1. The third-order valence-corrected chi connectivity index (χ3v) is 3.12. The third-order valence-electron chi connectivity index (χ3n) is 3.12. The van der Waals surface area contributed by atoms with Crippen molar-refractivity contribution in [3.05, 3.63) is 0 Å². The van der Waals surface area contributed by atoms with E-state index in [2.05, 4.69) is 0 Å². The van der Waals surface area contributed by atoms with Gasteiger partial charge in [-0.3, -0.25) is 10.0 Å². The largest absolute Gasteiger partial charge is 0.286 e. The van der Waals surface area contributed by atoms with Gasteiger partial charge in [-0.15, -0.1) is 0 Å². The minimum atomic E-state index is -0.0637. The van der Waals surface area contributed by atoms with Crippen molar-refractivity contribution in [1.82, 2.24) is 5.06 Å². The summed E-state index contributed by atoms with van der Waals surface area (Å²) in [5.41, 5.74) is 0. The number of carbonyl (C=O) groups is 1. The molecule has 1 amide bonds. The summed E-state index contributed by atoms with van der Waals surface area (Å²) < 4.78 is 0. The Labute approximate surface area is 66.0 Å². The van der Waals surface area contributed by atoms with Crippen LogP contribution in [0, 0.1) is 11.8 Å². The van der Waals surface area contributed by atoms with Crippen molar-refractivity contribution in [3.63, 3.8) is 0 Å². The minimum absolute atomic E-state index is 0.0428. The second kappa shape index (κ2) is 2.21. The van der Waals surface area contributed by atoms with Gasteiger partial charge in [0.2, 0.25) is 5.91 Å². The molecule has 1 N–H and O–H groups in total. The molecule has 0 aromatic carbocycles. The van der Waals surface area contributed by atoms with Gasteiger partial charge in [0, 0.05) is 5.92 Å². The molecular weight excluding hydrogens is 142 g/mol. The Morgan fingerprint density at radius 1 is 1.55 bits per heavy atom. The maximum Gasteiger partial charge on any atom is 0.249 e. The molecule has 0 aromatic heterocycles. The van der Waals surface area contributed by atoms with Gasteiger partial charge in [0.25, 0.3) is 0 Å². The molecule has 3 atom stereocenters. The number of amides is 1. The molecule has 0 radical (unpaired) electrons. The van der Waals surface area contributed by atoms with E-state index in [9.17, 15) is 10.0 Å². The molecule has 0 spiro atoms. The fourth-order valence-electron chi connectivity index (χ4n) is 2.27. The monoisotopic (exact) mass is 155 g/mol. The molecule has 3 nitrogen and oxygen atoms in total. The van der Waals surface area contributed by atoms with E-state index in [1.165, 1.54) is 0 Å². The topological polar surface area (TPSA) is 40.5 Å². The van der Waals surface area contributed by atoms with Gasteiger partial charge in [-0.25, -0.2) is 5.06 Å². The molecule has 2 bridgehead atoms. The summed E-state index contributed by atoms with van der Waals surface area (Å²) in [5.74, 6) is 0.607. The molecule has 2 aliphatic rings. The first-order chi connectivity index (χ1) is 5.20. The molecule has 0 aromatic rings. The van der Waals surface area contributed by atoms with Gasteiger partial charge in [0.1, 0.15) is 0 Å². The van der Waals surface area contributed by atoms with Crippen molar-refractivity contribution < 1.29 is 10.0 Å². The van der Waals surface area contributed by atoms with E-state index in [1.807, 2.05) is 6.92 Å². The second-order valence-corrected chi connectivity index (χ2v) is 3.69. The summed E-state index contributed by atoms with van der Waals surface area (Å²) >= 11 is 0. The van der Waals surface area contributed by atoms with Crippen molar-refractivity contribution in [2.24, 2.45) is 11.8 Å². The molecule has 2 rings (SSSR count). The van der Waals surface area contributed by atoms with Crippen LogP contribution in [-0.2, 0) is 4.79 Å². The van der Waals surface area contributed by atoms with E-state index in [4.69, 9.17) is 0 Å². The van der Waals surface area contributed by atoms with Crippen LogP contribution in [-0.4, -0.2) is 22.2 Å². The van der Waals surface area contributed by atoms with Gasteiger partial charge >= 0.3 is 0 Å². The Bertz CT molecular complexity index is 193. The quantitative estimate of drug-likeness (QED) is 0.530. The smallest absolute Gasteiger partial charge is 0.249 e. The van der Waals surface area contributed by atoms with E-state index in [0.29, 0.717) is 5.92 Å². The fraction of sp³-hybridized carbons (Fsp3) is 0.875. The fourth-order valence-corrected chi connectivity index (χ4v) is 2.27. The highest BCUT2D eigenvalue weighted by Gasteiger charge is 2.43. The molecule has 1 saturated carbocycles. The molecule has 1 saturated heterocycles. The molecule has 1 aliphatic carbocycles. The van der Waals surface area contributed by atoms with Crippen LogP contribution in [0.15, 0.2) is 0 Å². The summed E-state index contributed by atoms with van der Waals surface area (Å²) in [7, 11) is 0. The lowest BCUT2D eigenvalue weighted by molar-refractivity contribution is -0.188. The van der Waals surface area contributed by atoms with Crippen molar-refractivity contribution in [3.8, 4) is 0 Å². The van der Waals surface area contributed by atoms with Crippen LogP contribution in [0.3, 0.4) is 0 Å². The van der Waals surface area contributed by atoms with Crippen LogP contribution in [0.1, 0.15) is 26.2 Å². The van der Waals surface area contributed by atoms with Gasteiger partial charge in [-0.05, 0) is 32.1 Å². The highest BCUT2D eigenvalue weighted by molar-refractivity contribution is 5.79. The third kappa shape index (κ3) is 0.872. The van der Waals surface area contributed by atoms with Crippen LogP contribution in [0.4, 0.5) is 0 Å². The molecule has 3 unspecified atom stereocenters. The number of rotatable bonds is 0. The summed E-state index contributed by atoms with van der Waals surface area (Å²) in [6.07, 6.45) is 3.08. The van der Waals surface area contributed by atoms with Crippen molar-refractivity contribution in [2.75, 3.05) is 0 Å². The summed E-state index contributed by atoms with van der Waals surface area (Å²) in [4.78, 5) is 11.3. The molecule has 2 fully saturated rings. The minimum Gasteiger partial charge on any atom is -0.286 e. The number of fused-ring (bicyclic) bond motifs is 2. The zero-order valence-corrected chi connectivity index (χ0v) is 6.66. The van der Waals surface area contributed by atoms with Crippen molar-refractivity contribution in [2.45, 2.75) is 32.2 Å². The molecular formula is C8H13NO2. The maximum absolute atomic E-state index is 11.3. The predicted molar refractivity (Wildman–Crippen MR) is 38.9 cm³/mol. The van der Waals surface area contributed by atoms with Crippen LogP contribution in [0.2, 0.25) is 0 Å². The Kier molecular flexibility index (Phi) is 1.42. The van der Waals surface area contributed by atoms with Crippen molar-refractivity contribution >= 4 is 5.91 Å². The Hall–Kier alpha value is -0.570. The second-order valence-electron chi connectivity index (χ2n) is 3.69. The van der Waals surface area contributed by atoms with Gasteiger partial charge < -0.3 is 0 Å². The first kappa shape index (κ1) is 7.10. The van der Waals surface area contributed by atoms with E-state index < -0.39 is 0 Å². The zero-order chi connectivity index (χ0) is 8.01. The van der Waals surface area contributed by atoms with Gasteiger partial charge in [-0.2, -0.15) is 0 Å². The molecule has 1 heterocycles. The van der Waals surface area contributed by atoms with Crippen molar-refractivity contribution in [1.29, 1.82) is 0 Å².